The Morgan fingerprint density at radius 3 is 2.35 bits per heavy atom. The lowest BCUT2D eigenvalue weighted by Crippen LogP contribution is -2.48. The van der Waals surface area contributed by atoms with E-state index in [1.807, 2.05) is 41.3 Å². The third-order valence-electron chi connectivity index (χ3n) is 4.09. The zero-order valence-electron chi connectivity index (χ0n) is 13.0. The summed E-state index contributed by atoms with van der Waals surface area (Å²) in [6.45, 7) is 3.18. The van der Waals surface area contributed by atoms with Crippen LogP contribution in [0, 0.1) is 0 Å². The van der Waals surface area contributed by atoms with Crippen LogP contribution in [0.5, 0.6) is 5.75 Å². The second-order valence-electron chi connectivity index (χ2n) is 5.46. The minimum absolute atomic E-state index is 0.0704. The summed E-state index contributed by atoms with van der Waals surface area (Å²) in [4.78, 5) is 16.9. The van der Waals surface area contributed by atoms with Crippen LogP contribution >= 0.6 is 15.9 Å². The fourth-order valence-corrected chi connectivity index (χ4v) is 3.33. The summed E-state index contributed by atoms with van der Waals surface area (Å²) in [5, 5.41) is 0. The first-order chi connectivity index (χ1) is 11.2. The monoisotopic (exact) mass is 374 g/mol. The summed E-state index contributed by atoms with van der Waals surface area (Å²) in [5.41, 5.74) is 1.90. The van der Waals surface area contributed by atoms with Gasteiger partial charge in [0.15, 0.2) is 0 Å². The third kappa shape index (κ3) is 3.50. The Balaban J connectivity index is 1.65. The summed E-state index contributed by atoms with van der Waals surface area (Å²) in [5.74, 6) is 0.802. The van der Waals surface area contributed by atoms with Gasteiger partial charge >= 0.3 is 0 Å². The van der Waals surface area contributed by atoms with Gasteiger partial charge in [0.2, 0.25) is 0 Å². The molecule has 0 radical (unpaired) electrons. The van der Waals surface area contributed by atoms with Gasteiger partial charge in [-0.05, 0) is 46.3 Å². The highest BCUT2D eigenvalue weighted by atomic mass is 79.9. The molecule has 0 spiro atoms. The van der Waals surface area contributed by atoms with E-state index in [0.29, 0.717) is 5.56 Å². The van der Waals surface area contributed by atoms with Crippen molar-refractivity contribution < 1.29 is 9.53 Å². The molecule has 1 heterocycles. The van der Waals surface area contributed by atoms with Crippen molar-refractivity contribution in [2.75, 3.05) is 38.2 Å². The fourth-order valence-electron chi connectivity index (χ4n) is 2.79. The van der Waals surface area contributed by atoms with Crippen molar-refractivity contribution in [3.63, 3.8) is 0 Å². The van der Waals surface area contributed by atoms with Gasteiger partial charge in [-0.25, -0.2) is 0 Å². The van der Waals surface area contributed by atoms with E-state index >= 15 is 0 Å². The molecule has 1 saturated heterocycles. The van der Waals surface area contributed by atoms with Crippen molar-refractivity contribution >= 4 is 27.5 Å². The zero-order chi connectivity index (χ0) is 16.2. The molecule has 1 aliphatic rings. The SMILES string of the molecule is COc1ccc(C(=O)N2CCN(c3ccccc3)CC2)cc1Br. The summed E-state index contributed by atoms with van der Waals surface area (Å²) < 4.78 is 6.01. The quantitative estimate of drug-likeness (QED) is 0.824. The Labute approximate surface area is 144 Å². The molecule has 0 bridgehead atoms. The minimum atomic E-state index is 0.0704. The molecule has 23 heavy (non-hydrogen) atoms. The Kier molecular flexibility index (Phi) is 4.86. The van der Waals surface area contributed by atoms with Gasteiger partial charge in [-0.3, -0.25) is 4.79 Å². The third-order valence-corrected chi connectivity index (χ3v) is 4.71. The molecule has 0 saturated carbocycles. The van der Waals surface area contributed by atoms with E-state index in [2.05, 4.69) is 33.0 Å². The normalized spacial score (nSPS) is 14.7. The van der Waals surface area contributed by atoms with Gasteiger partial charge in [-0.1, -0.05) is 18.2 Å². The highest BCUT2D eigenvalue weighted by Crippen LogP contribution is 2.26. The molecule has 1 amide bonds. The van der Waals surface area contributed by atoms with Gasteiger partial charge in [0, 0.05) is 37.4 Å². The number of nitrogens with zero attached hydrogens (tertiary/aromatic N) is 2. The van der Waals surface area contributed by atoms with Crippen molar-refractivity contribution in [1.29, 1.82) is 0 Å². The van der Waals surface area contributed by atoms with Crippen LogP contribution in [-0.2, 0) is 0 Å². The largest absolute Gasteiger partial charge is 0.496 e. The van der Waals surface area contributed by atoms with Crippen molar-refractivity contribution in [3.05, 3.63) is 58.6 Å². The lowest BCUT2D eigenvalue weighted by Gasteiger charge is -2.36. The molecular weight excluding hydrogens is 356 g/mol. The maximum Gasteiger partial charge on any atom is 0.254 e. The number of carbonyl (C=O) groups excluding carboxylic acids is 1. The van der Waals surface area contributed by atoms with E-state index in [1.54, 1.807) is 7.11 Å². The van der Waals surface area contributed by atoms with Crippen molar-refractivity contribution in [3.8, 4) is 5.75 Å². The van der Waals surface area contributed by atoms with Crippen molar-refractivity contribution in [1.82, 2.24) is 4.90 Å². The van der Waals surface area contributed by atoms with Gasteiger partial charge in [0.1, 0.15) is 5.75 Å². The van der Waals surface area contributed by atoms with Crippen molar-refractivity contribution in [2.24, 2.45) is 0 Å². The van der Waals surface area contributed by atoms with Crippen LogP contribution < -0.4 is 9.64 Å². The summed E-state index contributed by atoms with van der Waals surface area (Å²) in [7, 11) is 1.62. The van der Waals surface area contributed by atoms with Crippen LogP contribution in [0.2, 0.25) is 0 Å². The lowest BCUT2D eigenvalue weighted by molar-refractivity contribution is 0.0746. The second kappa shape index (κ2) is 7.04. The van der Waals surface area contributed by atoms with Gasteiger partial charge < -0.3 is 14.5 Å². The van der Waals surface area contributed by atoms with Gasteiger partial charge in [0.25, 0.3) is 5.91 Å². The van der Waals surface area contributed by atoms with E-state index in [0.717, 1.165) is 36.4 Å². The number of methoxy groups -OCH3 is 1. The van der Waals surface area contributed by atoms with Crippen LogP contribution in [0.1, 0.15) is 10.4 Å². The highest BCUT2D eigenvalue weighted by molar-refractivity contribution is 9.10. The average Bonchev–Trinajstić information content (AvgIpc) is 2.62. The molecule has 0 aliphatic carbocycles. The van der Waals surface area contributed by atoms with E-state index in [4.69, 9.17) is 4.74 Å². The molecule has 5 heteroatoms. The van der Waals surface area contributed by atoms with E-state index in [1.165, 1.54) is 5.69 Å². The molecule has 1 aliphatic heterocycles. The number of hydrogen-bond donors (Lipinski definition) is 0. The Bertz CT molecular complexity index is 683. The molecule has 2 aromatic rings. The number of benzene rings is 2. The summed E-state index contributed by atoms with van der Waals surface area (Å²) >= 11 is 3.44. The standard InChI is InChI=1S/C18H19BrN2O2/c1-23-17-8-7-14(13-16(17)19)18(22)21-11-9-20(10-12-21)15-5-3-2-4-6-15/h2-8,13H,9-12H2,1H3. The Hall–Kier alpha value is -2.01. The number of hydrogen-bond acceptors (Lipinski definition) is 3. The molecule has 0 unspecified atom stereocenters. The number of carbonyl (C=O) groups is 1. The van der Waals surface area contributed by atoms with Gasteiger partial charge in [0.05, 0.1) is 11.6 Å². The smallest absolute Gasteiger partial charge is 0.254 e. The van der Waals surface area contributed by atoms with Crippen LogP contribution in [0.3, 0.4) is 0 Å². The molecule has 3 rings (SSSR count). The van der Waals surface area contributed by atoms with Crippen LogP contribution in [0.25, 0.3) is 0 Å². The molecule has 120 valence electrons. The minimum Gasteiger partial charge on any atom is -0.496 e. The van der Waals surface area contributed by atoms with Crippen molar-refractivity contribution in [2.45, 2.75) is 0 Å². The van der Waals surface area contributed by atoms with Crippen LogP contribution in [-0.4, -0.2) is 44.1 Å². The number of halogens is 1. The second-order valence-corrected chi connectivity index (χ2v) is 6.32. The maximum absolute atomic E-state index is 12.6. The Morgan fingerprint density at radius 2 is 1.74 bits per heavy atom. The van der Waals surface area contributed by atoms with Crippen LogP contribution in [0.4, 0.5) is 5.69 Å². The average molecular weight is 375 g/mol. The number of para-hydroxylation sites is 1. The number of anilines is 1. The summed E-state index contributed by atoms with van der Waals surface area (Å²) in [6, 6.07) is 15.8. The molecule has 0 N–H and O–H groups in total. The number of amides is 1. The zero-order valence-corrected chi connectivity index (χ0v) is 14.6. The number of piperazine rings is 1. The van der Waals surface area contributed by atoms with Gasteiger partial charge in [-0.2, -0.15) is 0 Å². The molecule has 4 nitrogen and oxygen atoms in total. The van der Waals surface area contributed by atoms with Crippen LogP contribution in [0.15, 0.2) is 53.0 Å². The maximum atomic E-state index is 12.6. The molecule has 1 fully saturated rings. The number of ether oxygens (including phenoxy) is 1. The molecule has 0 aromatic heterocycles. The Morgan fingerprint density at radius 1 is 1.04 bits per heavy atom. The summed E-state index contributed by atoms with van der Waals surface area (Å²) in [6.07, 6.45) is 0. The number of rotatable bonds is 3. The van der Waals surface area contributed by atoms with E-state index in [-0.39, 0.29) is 5.91 Å². The molecule has 0 atom stereocenters. The first-order valence-corrected chi connectivity index (χ1v) is 8.41. The molecule has 2 aromatic carbocycles. The van der Waals surface area contributed by atoms with E-state index < -0.39 is 0 Å². The first-order valence-electron chi connectivity index (χ1n) is 7.62. The predicted molar refractivity (Wildman–Crippen MR) is 95.3 cm³/mol. The first kappa shape index (κ1) is 15.9. The highest BCUT2D eigenvalue weighted by Gasteiger charge is 2.22. The van der Waals surface area contributed by atoms with E-state index in [9.17, 15) is 4.79 Å². The fraction of sp³-hybridized carbons (Fsp3) is 0.278. The predicted octanol–water partition coefficient (Wildman–Crippen LogP) is 3.42. The topological polar surface area (TPSA) is 32.8 Å². The lowest BCUT2D eigenvalue weighted by atomic mass is 10.1. The van der Waals surface area contributed by atoms with Gasteiger partial charge in [-0.15, -0.1) is 0 Å². The molecular formula is C18H19BrN2O2.